The Morgan fingerprint density at radius 1 is 1.33 bits per heavy atom. The van der Waals surface area contributed by atoms with Crippen LogP contribution in [0.2, 0.25) is 0 Å². The number of piperidine rings is 2. The van der Waals surface area contributed by atoms with Gasteiger partial charge in [0.2, 0.25) is 5.91 Å². The molecule has 0 aromatic carbocycles. The van der Waals surface area contributed by atoms with Crippen LogP contribution in [0.4, 0.5) is 5.82 Å². The molecule has 27 heavy (non-hydrogen) atoms. The van der Waals surface area contributed by atoms with E-state index in [1.807, 2.05) is 9.80 Å². The molecule has 0 unspecified atom stereocenters. The van der Waals surface area contributed by atoms with Gasteiger partial charge in [-0.3, -0.25) is 9.59 Å². The molecule has 2 aliphatic heterocycles. The Bertz CT molecular complexity index is 671. The average molecular weight is 374 g/mol. The summed E-state index contributed by atoms with van der Waals surface area (Å²) in [6.07, 6.45) is 6.01. The number of aromatic nitrogens is 1. The van der Waals surface area contributed by atoms with Crippen LogP contribution in [0.3, 0.4) is 0 Å². The van der Waals surface area contributed by atoms with Crippen LogP contribution in [-0.2, 0) is 9.53 Å². The van der Waals surface area contributed by atoms with Gasteiger partial charge in [-0.05, 0) is 43.2 Å². The Hall–Kier alpha value is -2.15. The number of amides is 2. The van der Waals surface area contributed by atoms with Gasteiger partial charge in [0.1, 0.15) is 5.82 Å². The molecular weight excluding hydrogens is 344 g/mol. The standard InChI is InChI=1S/C20H30N4O3/c1-21-17-14-16(5-9-22-17)19(26)23-11-7-20(8-12-23)6-4-18(25)24(15-20)10-3-13-27-2/h5,9,14H,3-4,6-8,10-13,15H2,1-2H3,(H,21,22). The predicted molar refractivity (Wildman–Crippen MR) is 104 cm³/mol. The zero-order chi connectivity index (χ0) is 19.3. The first-order valence-electron chi connectivity index (χ1n) is 9.77. The first kappa shape index (κ1) is 19.6. The molecule has 1 aromatic heterocycles. The zero-order valence-electron chi connectivity index (χ0n) is 16.4. The van der Waals surface area contributed by atoms with Crippen molar-refractivity contribution in [2.45, 2.75) is 32.1 Å². The fraction of sp³-hybridized carbons (Fsp3) is 0.650. The number of hydrogen-bond donors (Lipinski definition) is 1. The summed E-state index contributed by atoms with van der Waals surface area (Å²) in [5.41, 5.74) is 0.830. The maximum atomic E-state index is 12.8. The van der Waals surface area contributed by atoms with Crippen LogP contribution in [0.1, 0.15) is 42.5 Å². The molecule has 2 aliphatic rings. The van der Waals surface area contributed by atoms with Crippen LogP contribution < -0.4 is 5.32 Å². The molecular formula is C20H30N4O3. The van der Waals surface area contributed by atoms with E-state index in [1.165, 1.54) is 0 Å². The van der Waals surface area contributed by atoms with E-state index in [0.29, 0.717) is 24.4 Å². The summed E-state index contributed by atoms with van der Waals surface area (Å²) in [5, 5.41) is 2.97. The quantitative estimate of drug-likeness (QED) is 0.771. The summed E-state index contributed by atoms with van der Waals surface area (Å²) >= 11 is 0. The molecule has 0 saturated carbocycles. The lowest BCUT2D eigenvalue weighted by Gasteiger charge is -2.47. The molecule has 2 fully saturated rings. The normalized spacial score (nSPS) is 19.4. The molecule has 3 heterocycles. The second-order valence-corrected chi connectivity index (χ2v) is 7.63. The fourth-order valence-electron chi connectivity index (χ4n) is 4.18. The number of carbonyl (C=O) groups is 2. The number of ether oxygens (including phenoxy) is 1. The van der Waals surface area contributed by atoms with Crippen molar-refractivity contribution in [3.63, 3.8) is 0 Å². The minimum Gasteiger partial charge on any atom is -0.385 e. The van der Waals surface area contributed by atoms with Gasteiger partial charge < -0.3 is 19.9 Å². The molecule has 0 aliphatic carbocycles. The highest BCUT2D eigenvalue weighted by atomic mass is 16.5. The maximum Gasteiger partial charge on any atom is 0.254 e. The number of hydrogen-bond acceptors (Lipinski definition) is 5. The fourth-order valence-corrected chi connectivity index (χ4v) is 4.18. The van der Waals surface area contributed by atoms with Crippen LogP contribution in [0, 0.1) is 5.41 Å². The predicted octanol–water partition coefficient (Wildman–Crippen LogP) is 2.00. The number of rotatable bonds is 6. The molecule has 1 aromatic rings. The number of nitrogens with zero attached hydrogens (tertiary/aromatic N) is 3. The van der Waals surface area contributed by atoms with Crippen molar-refractivity contribution < 1.29 is 14.3 Å². The number of likely N-dealkylation sites (tertiary alicyclic amines) is 2. The number of methoxy groups -OCH3 is 1. The third kappa shape index (κ3) is 4.58. The number of nitrogens with one attached hydrogen (secondary N) is 1. The van der Waals surface area contributed by atoms with Crippen LogP contribution in [0.15, 0.2) is 18.3 Å². The Labute approximate surface area is 161 Å². The van der Waals surface area contributed by atoms with E-state index in [4.69, 9.17) is 4.74 Å². The van der Waals surface area contributed by atoms with Crippen LogP contribution in [-0.4, -0.2) is 73.5 Å². The molecule has 7 heteroatoms. The molecule has 3 rings (SSSR count). The summed E-state index contributed by atoms with van der Waals surface area (Å²) in [6.45, 7) is 3.75. The van der Waals surface area contributed by atoms with Crippen molar-refractivity contribution in [3.8, 4) is 0 Å². The molecule has 0 atom stereocenters. The molecule has 0 bridgehead atoms. The second kappa shape index (κ2) is 8.69. The first-order valence-corrected chi connectivity index (χ1v) is 9.77. The van der Waals surface area contributed by atoms with E-state index in [9.17, 15) is 9.59 Å². The Morgan fingerprint density at radius 2 is 2.11 bits per heavy atom. The molecule has 148 valence electrons. The van der Waals surface area contributed by atoms with E-state index < -0.39 is 0 Å². The van der Waals surface area contributed by atoms with E-state index in [1.54, 1.807) is 32.5 Å². The van der Waals surface area contributed by atoms with Crippen molar-refractivity contribution in [3.05, 3.63) is 23.9 Å². The molecule has 7 nitrogen and oxygen atoms in total. The lowest BCUT2D eigenvalue weighted by atomic mass is 9.72. The smallest absolute Gasteiger partial charge is 0.254 e. The number of carbonyl (C=O) groups excluding carboxylic acids is 2. The van der Waals surface area contributed by atoms with Gasteiger partial charge in [-0.1, -0.05) is 0 Å². The van der Waals surface area contributed by atoms with Gasteiger partial charge in [-0.25, -0.2) is 4.98 Å². The minimum absolute atomic E-state index is 0.0626. The average Bonchev–Trinajstić information content (AvgIpc) is 2.71. The highest BCUT2D eigenvalue weighted by molar-refractivity contribution is 5.94. The van der Waals surface area contributed by atoms with Crippen molar-refractivity contribution in [1.29, 1.82) is 0 Å². The summed E-state index contributed by atoms with van der Waals surface area (Å²) in [4.78, 5) is 33.2. The van der Waals surface area contributed by atoms with Gasteiger partial charge in [-0.2, -0.15) is 0 Å². The Balaban J connectivity index is 1.58. The van der Waals surface area contributed by atoms with Gasteiger partial charge in [-0.15, -0.1) is 0 Å². The summed E-state index contributed by atoms with van der Waals surface area (Å²) < 4.78 is 5.11. The molecule has 2 amide bonds. The van der Waals surface area contributed by atoms with Gasteiger partial charge in [0.25, 0.3) is 5.91 Å². The lowest BCUT2D eigenvalue weighted by Crippen LogP contribution is -2.52. The van der Waals surface area contributed by atoms with E-state index in [0.717, 1.165) is 51.9 Å². The van der Waals surface area contributed by atoms with Crippen LogP contribution in [0.5, 0.6) is 0 Å². The van der Waals surface area contributed by atoms with Gasteiger partial charge in [0, 0.05) is 65.1 Å². The van der Waals surface area contributed by atoms with Crippen molar-refractivity contribution >= 4 is 17.6 Å². The van der Waals surface area contributed by atoms with E-state index >= 15 is 0 Å². The SMILES string of the molecule is CNc1cc(C(=O)N2CCC3(CCC(=O)N(CCCOC)C3)CC2)ccn1. The molecule has 0 radical (unpaired) electrons. The Morgan fingerprint density at radius 3 is 2.81 bits per heavy atom. The van der Waals surface area contributed by atoms with Crippen molar-refractivity contribution in [1.82, 2.24) is 14.8 Å². The third-order valence-electron chi connectivity index (χ3n) is 5.90. The topological polar surface area (TPSA) is 74.8 Å². The summed E-state index contributed by atoms with van der Waals surface area (Å²) in [7, 11) is 3.48. The molecule has 2 saturated heterocycles. The van der Waals surface area contributed by atoms with Crippen molar-refractivity contribution in [2.75, 3.05) is 52.3 Å². The summed E-state index contributed by atoms with van der Waals surface area (Å²) in [6, 6.07) is 3.56. The number of pyridine rings is 1. The van der Waals surface area contributed by atoms with Crippen LogP contribution in [0.25, 0.3) is 0 Å². The molecule has 1 spiro atoms. The lowest BCUT2D eigenvalue weighted by molar-refractivity contribution is -0.139. The van der Waals surface area contributed by atoms with E-state index in [2.05, 4.69) is 10.3 Å². The summed E-state index contributed by atoms with van der Waals surface area (Å²) in [5.74, 6) is 1.02. The third-order valence-corrected chi connectivity index (χ3v) is 5.90. The highest BCUT2D eigenvalue weighted by Gasteiger charge is 2.41. The molecule has 1 N–H and O–H groups in total. The largest absolute Gasteiger partial charge is 0.385 e. The van der Waals surface area contributed by atoms with Gasteiger partial charge in [0.05, 0.1) is 0 Å². The Kier molecular flexibility index (Phi) is 6.31. The second-order valence-electron chi connectivity index (χ2n) is 7.63. The maximum absolute atomic E-state index is 12.8. The highest BCUT2D eigenvalue weighted by Crippen LogP contribution is 2.40. The van der Waals surface area contributed by atoms with Gasteiger partial charge in [0.15, 0.2) is 0 Å². The minimum atomic E-state index is 0.0626. The van der Waals surface area contributed by atoms with Gasteiger partial charge >= 0.3 is 0 Å². The monoisotopic (exact) mass is 374 g/mol. The first-order chi connectivity index (χ1) is 13.1. The van der Waals surface area contributed by atoms with Crippen molar-refractivity contribution in [2.24, 2.45) is 5.41 Å². The number of anilines is 1. The zero-order valence-corrected chi connectivity index (χ0v) is 16.4. The van der Waals surface area contributed by atoms with Crippen LogP contribution >= 0.6 is 0 Å². The van der Waals surface area contributed by atoms with E-state index in [-0.39, 0.29) is 17.2 Å².